The predicted octanol–water partition coefficient (Wildman–Crippen LogP) is 3.25. The number of rotatable bonds is 6. The molecule has 2 amide bonds. The summed E-state index contributed by atoms with van der Waals surface area (Å²) in [5.41, 5.74) is 0.297. The van der Waals surface area contributed by atoms with Gasteiger partial charge in [-0.25, -0.2) is 8.78 Å². The van der Waals surface area contributed by atoms with Gasteiger partial charge in [-0.3, -0.25) is 9.59 Å². The Morgan fingerprint density at radius 3 is 2.46 bits per heavy atom. The van der Waals surface area contributed by atoms with Crippen LogP contribution < -0.4 is 10.1 Å². The number of methoxy groups -OCH3 is 1. The SMILES string of the molecule is COc1ccccc1CCC(=O)Nc1cc(C(=O)N(C)C)c(F)cc1F. The lowest BCUT2D eigenvalue weighted by atomic mass is 10.1. The summed E-state index contributed by atoms with van der Waals surface area (Å²) < 4.78 is 33.0. The molecule has 0 spiro atoms. The molecule has 1 N–H and O–H groups in total. The number of nitrogens with one attached hydrogen (secondary N) is 1. The molecule has 0 bridgehead atoms. The molecule has 0 saturated heterocycles. The van der Waals surface area contributed by atoms with Gasteiger partial charge in [-0.1, -0.05) is 18.2 Å². The van der Waals surface area contributed by atoms with E-state index in [0.29, 0.717) is 18.2 Å². The van der Waals surface area contributed by atoms with E-state index >= 15 is 0 Å². The van der Waals surface area contributed by atoms with Crippen LogP contribution in [0.5, 0.6) is 5.75 Å². The minimum atomic E-state index is -0.978. The minimum Gasteiger partial charge on any atom is -0.496 e. The normalized spacial score (nSPS) is 10.3. The number of nitrogens with zero attached hydrogens (tertiary/aromatic N) is 1. The van der Waals surface area contributed by atoms with Crippen LogP contribution in [-0.4, -0.2) is 37.9 Å². The van der Waals surface area contributed by atoms with Gasteiger partial charge in [0.15, 0.2) is 0 Å². The first-order valence-electron chi connectivity index (χ1n) is 7.96. The first kappa shape index (κ1) is 19.4. The van der Waals surface area contributed by atoms with Gasteiger partial charge in [0.2, 0.25) is 5.91 Å². The Morgan fingerprint density at radius 1 is 1.12 bits per heavy atom. The number of carbonyl (C=O) groups excluding carboxylic acids is 2. The molecule has 0 fully saturated rings. The lowest BCUT2D eigenvalue weighted by Crippen LogP contribution is -2.23. The van der Waals surface area contributed by atoms with Gasteiger partial charge >= 0.3 is 0 Å². The van der Waals surface area contributed by atoms with Gasteiger partial charge in [0.1, 0.15) is 17.4 Å². The molecule has 0 aliphatic rings. The van der Waals surface area contributed by atoms with Crippen LogP contribution in [0.3, 0.4) is 0 Å². The Morgan fingerprint density at radius 2 is 1.81 bits per heavy atom. The second-order valence-corrected chi connectivity index (χ2v) is 5.87. The van der Waals surface area contributed by atoms with Gasteiger partial charge in [-0.2, -0.15) is 0 Å². The number of hydrogen-bond donors (Lipinski definition) is 1. The van der Waals surface area contributed by atoms with Crippen LogP contribution in [0.15, 0.2) is 36.4 Å². The zero-order valence-corrected chi connectivity index (χ0v) is 14.8. The van der Waals surface area contributed by atoms with Gasteiger partial charge in [-0.15, -0.1) is 0 Å². The van der Waals surface area contributed by atoms with Crippen molar-refractivity contribution >= 4 is 17.5 Å². The van der Waals surface area contributed by atoms with E-state index in [4.69, 9.17) is 4.74 Å². The van der Waals surface area contributed by atoms with Gasteiger partial charge in [-0.05, 0) is 24.1 Å². The summed E-state index contributed by atoms with van der Waals surface area (Å²) in [5, 5.41) is 2.39. The number of carbonyl (C=O) groups is 2. The second-order valence-electron chi connectivity index (χ2n) is 5.87. The van der Waals surface area contributed by atoms with Crippen LogP contribution in [0.25, 0.3) is 0 Å². The Labute approximate surface area is 150 Å². The molecule has 0 aliphatic heterocycles. The standard InChI is InChI=1S/C19H20F2N2O3/c1-23(2)19(25)13-10-16(15(21)11-14(13)20)22-18(24)9-8-12-6-4-5-7-17(12)26-3/h4-7,10-11H,8-9H2,1-3H3,(H,22,24). The smallest absolute Gasteiger partial charge is 0.256 e. The Bertz CT molecular complexity index is 822. The number of ether oxygens (including phenoxy) is 1. The summed E-state index contributed by atoms with van der Waals surface area (Å²) in [6, 6.07) is 8.86. The van der Waals surface area contributed by atoms with Gasteiger partial charge < -0.3 is 15.0 Å². The third kappa shape index (κ3) is 4.56. The van der Waals surface area contributed by atoms with Gasteiger partial charge in [0.05, 0.1) is 18.4 Å². The van der Waals surface area contributed by atoms with Crippen LogP contribution in [0.2, 0.25) is 0 Å². The highest BCUT2D eigenvalue weighted by Gasteiger charge is 2.18. The molecule has 0 atom stereocenters. The monoisotopic (exact) mass is 362 g/mol. The van der Waals surface area contributed by atoms with E-state index in [1.807, 2.05) is 18.2 Å². The molecule has 0 heterocycles. The fourth-order valence-corrected chi connectivity index (χ4v) is 2.42. The van der Waals surface area contributed by atoms with Crippen LogP contribution in [-0.2, 0) is 11.2 Å². The third-order valence-electron chi connectivity index (χ3n) is 3.78. The van der Waals surface area contributed by atoms with Crippen LogP contribution >= 0.6 is 0 Å². The first-order valence-corrected chi connectivity index (χ1v) is 7.96. The van der Waals surface area contributed by atoms with Crippen molar-refractivity contribution in [2.45, 2.75) is 12.8 Å². The number of halogens is 2. The molecule has 0 unspecified atom stereocenters. The van der Waals surface area contributed by atoms with E-state index in [1.165, 1.54) is 26.1 Å². The van der Waals surface area contributed by atoms with E-state index in [-0.39, 0.29) is 17.7 Å². The third-order valence-corrected chi connectivity index (χ3v) is 3.78. The summed E-state index contributed by atoms with van der Waals surface area (Å²) >= 11 is 0. The second kappa shape index (κ2) is 8.42. The lowest BCUT2D eigenvalue weighted by Gasteiger charge is -2.13. The predicted molar refractivity (Wildman–Crippen MR) is 94.3 cm³/mol. The van der Waals surface area contributed by atoms with E-state index in [1.54, 1.807) is 6.07 Å². The van der Waals surface area contributed by atoms with Crippen molar-refractivity contribution in [3.63, 3.8) is 0 Å². The highest BCUT2D eigenvalue weighted by atomic mass is 19.1. The molecule has 2 rings (SSSR count). The van der Waals surface area contributed by atoms with Crippen molar-refractivity contribution in [1.82, 2.24) is 4.90 Å². The lowest BCUT2D eigenvalue weighted by molar-refractivity contribution is -0.116. The minimum absolute atomic E-state index is 0.0775. The average molecular weight is 362 g/mol. The number of aryl methyl sites for hydroxylation is 1. The summed E-state index contributed by atoms with van der Waals surface area (Å²) in [4.78, 5) is 25.2. The van der Waals surface area contributed by atoms with Crippen LogP contribution in [0.1, 0.15) is 22.3 Å². The quantitative estimate of drug-likeness (QED) is 0.858. The van der Waals surface area contributed by atoms with Crippen molar-refractivity contribution in [1.29, 1.82) is 0 Å². The molecule has 0 saturated carbocycles. The zero-order valence-electron chi connectivity index (χ0n) is 14.8. The number of anilines is 1. The molecule has 138 valence electrons. The molecule has 2 aromatic carbocycles. The molecular weight excluding hydrogens is 342 g/mol. The number of benzene rings is 2. The average Bonchev–Trinajstić information content (AvgIpc) is 2.61. The molecule has 0 radical (unpaired) electrons. The van der Waals surface area contributed by atoms with Crippen LogP contribution in [0, 0.1) is 11.6 Å². The first-order chi connectivity index (χ1) is 12.3. The van der Waals surface area contributed by atoms with Gasteiger partial charge in [0, 0.05) is 26.6 Å². The van der Waals surface area contributed by atoms with E-state index in [0.717, 1.165) is 11.6 Å². The van der Waals surface area contributed by atoms with E-state index in [9.17, 15) is 18.4 Å². The maximum absolute atomic E-state index is 13.9. The maximum atomic E-state index is 13.9. The molecule has 5 nitrogen and oxygen atoms in total. The fraction of sp³-hybridized carbons (Fsp3) is 0.263. The molecule has 0 aliphatic carbocycles. The molecule has 7 heteroatoms. The van der Waals surface area contributed by atoms with Crippen molar-refractivity contribution in [2.24, 2.45) is 0 Å². The molecule has 2 aromatic rings. The topological polar surface area (TPSA) is 58.6 Å². The molecule has 26 heavy (non-hydrogen) atoms. The summed E-state index contributed by atoms with van der Waals surface area (Å²) in [7, 11) is 4.45. The van der Waals surface area contributed by atoms with Crippen molar-refractivity contribution in [3.05, 3.63) is 59.2 Å². The Balaban J connectivity index is 2.11. The number of amides is 2. The van der Waals surface area contributed by atoms with E-state index < -0.39 is 23.4 Å². The summed E-state index contributed by atoms with van der Waals surface area (Å²) in [6.45, 7) is 0. The molecule has 0 aromatic heterocycles. The maximum Gasteiger partial charge on any atom is 0.256 e. The summed E-state index contributed by atoms with van der Waals surface area (Å²) in [5.74, 6) is -2.33. The Kier molecular flexibility index (Phi) is 6.27. The number of hydrogen-bond acceptors (Lipinski definition) is 3. The molecular formula is C19H20F2N2O3. The van der Waals surface area contributed by atoms with Crippen LogP contribution in [0.4, 0.5) is 14.5 Å². The zero-order chi connectivity index (χ0) is 19.3. The highest BCUT2D eigenvalue weighted by molar-refractivity contribution is 5.97. The fourth-order valence-electron chi connectivity index (χ4n) is 2.42. The summed E-state index contributed by atoms with van der Waals surface area (Å²) in [6.07, 6.45) is 0.469. The van der Waals surface area contributed by atoms with E-state index in [2.05, 4.69) is 5.32 Å². The van der Waals surface area contributed by atoms with Crippen molar-refractivity contribution in [2.75, 3.05) is 26.5 Å². The highest BCUT2D eigenvalue weighted by Crippen LogP contribution is 2.22. The van der Waals surface area contributed by atoms with Crippen molar-refractivity contribution < 1.29 is 23.1 Å². The largest absolute Gasteiger partial charge is 0.496 e. The van der Waals surface area contributed by atoms with Gasteiger partial charge in [0.25, 0.3) is 5.91 Å². The Hall–Kier alpha value is -2.96. The number of para-hydroxylation sites is 1. The van der Waals surface area contributed by atoms with Crippen molar-refractivity contribution in [3.8, 4) is 5.75 Å².